The Balaban J connectivity index is 1.90. The van der Waals surface area contributed by atoms with Crippen molar-refractivity contribution in [3.63, 3.8) is 0 Å². The first-order chi connectivity index (χ1) is 9.46. The lowest BCUT2D eigenvalue weighted by molar-refractivity contribution is -0.274. The third-order valence-corrected chi connectivity index (χ3v) is 3.82. The largest absolute Gasteiger partial charge is 0.573 e. The van der Waals surface area contributed by atoms with Gasteiger partial charge in [0.1, 0.15) is 5.75 Å². The van der Waals surface area contributed by atoms with Crippen LogP contribution in [0.15, 0.2) is 24.3 Å². The number of piperidine rings is 1. The predicted octanol–water partition coefficient (Wildman–Crippen LogP) is 3.91. The zero-order valence-corrected chi connectivity index (χ0v) is 11.5. The summed E-state index contributed by atoms with van der Waals surface area (Å²) < 4.78 is 40.1. The van der Waals surface area contributed by atoms with E-state index in [0.717, 1.165) is 30.9 Å². The molecule has 2 rings (SSSR count). The van der Waals surface area contributed by atoms with E-state index in [1.807, 2.05) is 0 Å². The van der Waals surface area contributed by atoms with Crippen LogP contribution >= 0.6 is 0 Å². The van der Waals surface area contributed by atoms with Gasteiger partial charge >= 0.3 is 6.36 Å². The van der Waals surface area contributed by atoms with E-state index in [9.17, 15) is 13.2 Å². The maximum atomic E-state index is 12.1. The molecular weight excluding hydrogens is 267 g/mol. The van der Waals surface area contributed by atoms with E-state index in [2.05, 4.69) is 17.0 Å². The van der Waals surface area contributed by atoms with Gasteiger partial charge < -0.3 is 10.1 Å². The number of rotatable bonds is 4. The van der Waals surface area contributed by atoms with Gasteiger partial charge in [0, 0.05) is 6.04 Å². The lowest BCUT2D eigenvalue weighted by atomic mass is 9.88. The fraction of sp³-hybridized carbons (Fsp3) is 0.600. The molecule has 1 N–H and O–H groups in total. The number of hydrogen-bond acceptors (Lipinski definition) is 2. The minimum absolute atomic E-state index is 0.163. The Hall–Kier alpha value is -1.23. The molecule has 1 aliphatic heterocycles. The van der Waals surface area contributed by atoms with Crippen molar-refractivity contribution in [2.24, 2.45) is 5.92 Å². The summed E-state index contributed by atoms with van der Waals surface area (Å²) in [4.78, 5) is 0. The summed E-state index contributed by atoms with van der Waals surface area (Å²) in [6.45, 7) is 3.23. The van der Waals surface area contributed by atoms with Gasteiger partial charge in [0.15, 0.2) is 0 Å². The molecule has 2 unspecified atom stereocenters. The van der Waals surface area contributed by atoms with Crippen LogP contribution in [0.5, 0.6) is 5.75 Å². The second kappa shape index (κ2) is 6.48. The van der Waals surface area contributed by atoms with Gasteiger partial charge in [-0.25, -0.2) is 0 Å². The van der Waals surface area contributed by atoms with Gasteiger partial charge in [0.05, 0.1) is 0 Å². The van der Waals surface area contributed by atoms with Gasteiger partial charge in [0.25, 0.3) is 0 Å². The maximum Gasteiger partial charge on any atom is 0.573 e. The molecule has 1 aromatic rings. The first-order valence-electron chi connectivity index (χ1n) is 7.04. The molecule has 5 heteroatoms. The van der Waals surface area contributed by atoms with Crippen LogP contribution in [0.25, 0.3) is 0 Å². The number of halogens is 3. The monoisotopic (exact) mass is 287 g/mol. The minimum atomic E-state index is -4.62. The summed E-state index contributed by atoms with van der Waals surface area (Å²) >= 11 is 0. The van der Waals surface area contributed by atoms with Crippen LogP contribution in [-0.4, -0.2) is 18.9 Å². The van der Waals surface area contributed by atoms with Gasteiger partial charge in [0.2, 0.25) is 0 Å². The summed E-state index contributed by atoms with van der Waals surface area (Å²) in [5.74, 6) is 0.596. The van der Waals surface area contributed by atoms with Gasteiger partial charge in [-0.2, -0.15) is 0 Å². The third kappa shape index (κ3) is 4.71. The Morgan fingerprint density at radius 3 is 2.55 bits per heavy atom. The van der Waals surface area contributed by atoms with Gasteiger partial charge in [-0.3, -0.25) is 0 Å². The average Bonchev–Trinajstić information content (AvgIpc) is 2.40. The van der Waals surface area contributed by atoms with Crippen molar-refractivity contribution in [3.8, 4) is 5.75 Å². The Labute approximate surface area is 117 Å². The number of benzene rings is 1. The van der Waals surface area contributed by atoms with Crippen molar-refractivity contribution in [2.75, 3.05) is 6.54 Å². The second-order valence-corrected chi connectivity index (χ2v) is 5.35. The van der Waals surface area contributed by atoms with Crippen molar-refractivity contribution in [1.29, 1.82) is 0 Å². The lowest BCUT2D eigenvalue weighted by Crippen LogP contribution is -2.39. The zero-order valence-electron chi connectivity index (χ0n) is 11.5. The van der Waals surface area contributed by atoms with Crippen LogP contribution < -0.4 is 10.1 Å². The first kappa shape index (κ1) is 15.2. The fourth-order valence-corrected chi connectivity index (χ4v) is 2.73. The van der Waals surface area contributed by atoms with Crippen molar-refractivity contribution in [2.45, 2.75) is 45.0 Å². The van der Waals surface area contributed by atoms with E-state index >= 15 is 0 Å². The van der Waals surface area contributed by atoms with Crippen LogP contribution in [0.1, 0.15) is 31.7 Å². The zero-order chi connectivity index (χ0) is 14.6. The van der Waals surface area contributed by atoms with E-state index in [1.165, 1.54) is 25.0 Å². The molecule has 0 aromatic heterocycles. The molecule has 2 nitrogen and oxygen atoms in total. The molecular formula is C15H20F3NO. The van der Waals surface area contributed by atoms with E-state index in [1.54, 1.807) is 12.1 Å². The van der Waals surface area contributed by atoms with Crippen molar-refractivity contribution in [3.05, 3.63) is 29.8 Å². The predicted molar refractivity (Wildman–Crippen MR) is 71.6 cm³/mol. The van der Waals surface area contributed by atoms with Crippen molar-refractivity contribution >= 4 is 0 Å². The first-order valence-corrected chi connectivity index (χ1v) is 7.04. The van der Waals surface area contributed by atoms with Gasteiger partial charge in [-0.15, -0.1) is 13.2 Å². The maximum absolute atomic E-state index is 12.1. The van der Waals surface area contributed by atoms with Crippen molar-refractivity contribution < 1.29 is 17.9 Å². The summed E-state index contributed by atoms with van der Waals surface area (Å²) in [5, 5.41) is 3.47. The molecule has 1 aromatic carbocycles. The number of nitrogens with one attached hydrogen (secondary N) is 1. The van der Waals surface area contributed by atoms with E-state index < -0.39 is 6.36 Å². The van der Waals surface area contributed by atoms with Crippen LogP contribution in [-0.2, 0) is 6.42 Å². The second-order valence-electron chi connectivity index (χ2n) is 5.35. The summed E-state index contributed by atoms with van der Waals surface area (Å²) in [6, 6.07) is 6.59. The van der Waals surface area contributed by atoms with Crippen molar-refractivity contribution in [1.82, 2.24) is 5.32 Å². The molecule has 1 heterocycles. The third-order valence-electron chi connectivity index (χ3n) is 3.82. The molecule has 0 spiro atoms. The summed E-state index contributed by atoms with van der Waals surface area (Å²) in [7, 11) is 0. The summed E-state index contributed by atoms with van der Waals surface area (Å²) in [6.07, 6.45) is -0.233. The quantitative estimate of drug-likeness (QED) is 0.906. The van der Waals surface area contributed by atoms with Gasteiger partial charge in [-0.1, -0.05) is 25.5 Å². The number of ether oxygens (including phenoxy) is 1. The standard InChI is InChI=1S/C15H20F3NO/c1-2-11-7-8-19-13(9-11)10-12-3-5-14(6-4-12)20-15(16,17)18/h3-6,11,13,19H,2,7-10H2,1H3. The van der Waals surface area contributed by atoms with Gasteiger partial charge in [-0.05, 0) is 49.4 Å². The normalized spacial score (nSPS) is 23.6. The number of hydrogen-bond donors (Lipinski definition) is 1. The van der Waals surface area contributed by atoms with Crippen LogP contribution in [0.4, 0.5) is 13.2 Å². The molecule has 1 aliphatic rings. The minimum Gasteiger partial charge on any atom is -0.406 e. The Kier molecular flexibility index (Phi) is 4.91. The SMILES string of the molecule is CCC1CCNC(Cc2ccc(OC(F)(F)F)cc2)C1. The fourth-order valence-electron chi connectivity index (χ4n) is 2.73. The average molecular weight is 287 g/mol. The highest BCUT2D eigenvalue weighted by Crippen LogP contribution is 2.25. The van der Waals surface area contributed by atoms with Crippen LogP contribution in [0.3, 0.4) is 0 Å². The molecule has 0 radical (unpaired) electrons. The molecule has 20 heavy (non-hydrogen) atoms. The molecule has 1 saturated heterocycles. The van der Waals surface area contributed by atoms with E-state index in [0.29, 0.717) is 6.04 Å². The molecule has 2 atom stereocenters. The van der Waals surface area contributed by atoms with Crippen LogP contribution in [0, 0.1) is 5.92 Å². The van der Waals surface area contributed by atoms with E-state index in [-0.39, 0.29) is 5.75 Å². The van der Waals surface area contributed by atoms with E-state index in [4.69, 9.17) is 0 Å². The smallest absolute Gasteiger partial charge is 0.406 e. The summed E-state index contributed by atoms with van der Waals surface area (Å²) in [5.41, 5.74) is 1.04. The van der Waals surface area contributed by atoms with Crippen LogP contribution in [0.2, 0.25) is 0 Å². The lowest BCUT2D eigenvalue weighted by Gasteiger charge is -2.29. The Morgan fingerprint density at radius 2 is 1.95 bits per heavy atom. The number of alkyl halides is 3. The Bertz CT molecular complexity index is 416. The highest BCUT2D eigenvalue weighted by Gasteiger charge is 2.31. The topological polar surface area (TPSA) is 21.3 Å². The molecule has 0 aliphatic carbocycles. The molecule has 112 valence electrons. The highest BCUT2D eigenvalue weighted by molar-refractivity contribution is 5.28. The highest BCUT2D eigenvalue weighted by atomic mass is 19.4. The Morgan fingerprint density at radius 1 is 1.25 bits per heavy atom. The molecule has 0 amide bonds. The molecule has 0 bridgehead atoms. The molecule has 0 saturated carbocycles. The molecule has 1 fully saturated rings.